The van der Waals surface area contributed by atoms with Crippen molar-refractivity contribution in [2.45, 2.75) is 65.0 Å². The van der Waals surface area contributed by atoms with Gasteiger partial charge in [0.05, 0.1) is 5.69 Å². The van der Waals surface area contributed by atoms with E-state index in [-0.39, 0.29) is 18.0 Å². The van der Waals surface area contributed by atoms with Crippen LogP contribution in [0.1, 0.15) is 59.8 Å². The molecule has 0 spiro atoms. The number of hydrogen-bond acceptors (Lipinski definition) is 4. The molecule has 1 saturated carbocycles. The standard InChI is InChI=1S/C24H31N5O/c1-4-20-23(28-22-15(2)6-5-7-16(22)3)29-13-12-17(14-21(29)27-20)24(30)26-19-10-8-18(25)9-11-19/h5-7,12-14,18-19,28H,4,8-11,25H2,1-3H3,(H,26,30). The summed E-state index contributed by atoms with van der Waals surface area (Å²) in [6.07, 6.45) is 6.57. The number of carbonyl (C=O) groups is 1. The average molecular weight is 406 g/mol. The third-order valence-corrected chi connectivity index (χ3v) is 6.13. The van der Waals surface area contributed by atoms with Crippen LogP contribution in [-0.2, 0) is 6.42 Å². The molecule has 0 saturated heterocycles. The molecule has 0 unspecified atom stereocenters. The second-order valence-corrected chi connectivity index (χ2v) is 8.38. The van der Waals surface area contributed by atoms with Gasteiger partial charge in [0.1, 0.15) is 11.5 Å². The Balaban J connectivity index is 1.60. The quantitative estimate of drug-likeness (QED) is 0.592. The molecule has 1 fully saturated rings. The monoisotopic (exact) mass is 405 g/mol. The smallest absolute Gasteiger partial charge is 0.251 e. The van der Waals surface area contributed by atoms with E-state index < -0.39 is 0 Å². The van der Waals surface area contributed by atoms with Crippen molar-refractivity contribution in [2.24, 2.45) is 5.73 Å². The van der Waals surface area contributed by atoms with Crippen LogP contribution in [-0.4, -0.2) is 27.4 Å². The first-order chi connectivity index (χ1) is 14.5. The van der Waals surface area contributed by atoms with E-state index in [4.69, 9.17) is 10.7 Å². The molecular formula is C24H31N5O. The SMILES string of the molecule is CCc1nc2cc(C(=O)NC3CCC(N)CC3)ccn2c1Nc1c(C)cccc1C. The zero-order valence-electron chi connectivity index (χ0n) is 18.0. The number of para-hydroxylation sites is 1. The van der Waals surface area contributed by atoms with Crippen LogP contribution in [0.3, 0.4) is 0 Å². The van der Waals surface area contributed by atoms with Crippen LogP contribution in [0.4, 0.5) is 11.5 Å². The Morgan fingerprint density at radius 1 is 1.17 bits per heavy atom. The third kappa shape index (κ3) is 4.05. The maximum absolute atomic E-state index is 12.8. The van der Waals surface area contributed by atoms with Gasteiger partial charge in [-0.1, -0.05) is 25.1 Å². The van der Waals surface area contributed by atoms with Gasteiger partial charge in [0.2, 0.25) is 0 Å². The van der Waals surface area contributed by atoms with Crippen LogP contribution in [0.15, 0.2) is 36.5 Å². The van der Waals surface area contributed by atoms with Crippen molar-refractivity contribution >= 4 is 23.1 Å². The number of carbonyl (C=O) groups excluding carboxylic acids is 1. The van der Waals surface area contributed by atoms with Crippen LogP contribution >= 0.6 is 0 Å². The molecule has 1 aliphatic rings. The third-order valence-electron chi connectivity index (χ3n) is 6.13. The van der Waals surface area contributed by atoms with E-state index in [1.165, 1.54) is 11.1 Å². The van der Waals surface area contributed by atoms with Crippen molar-refractivity contribution in [1.29, 1.82) is 0 Å². The van der Waals surface area contributed by atoms with E-state index in [1.54, 1.807) is 0 Å². The minimum absolute atomic E-state index is 0.0386. The molecule has 0 bridgehead atoms. The predicted octanol–water partition coefficient (Wildman–Crippen LogP) is 4.26. The van der Waals surface area contributed by atoms with Gasteiger partial charge >= 0.3 is 0 Å². The molecule has 1 aliphatic carbocycles. The van der Waals surface area contributed by atoms with Crippen LogP contribution in [0.25, 0.3) is 5.65 Å². The zero-order chi connectivity index (χ0) is 21.3. The summed E-state index contributed by atoms with van der Waals surface area (Å²) in [5.41, 5.74) is 11.9. The Morgan fingerprint density at radius 3 is 2.53 bits per heavy atom. The first kappa shape index (κ1) is 20.4. The van der Waals surface area contributed by atoms with Crippen LogP contribution in [0, 0.1) is 13.8 Å². The molecule has 4 N–H and O–H groups in total. The number of benzene rings is 1. The highest BCUT2D eigenvalue weighted by Gasteiger charge is 2.21. The molecule has 0 radical (unpaired) electrons. The van der Waals surface area contributed by atoms with Gasteiger partial charge in [-0.25, -0.2) is 4.98 Å². The van der Waals surface area contributed by atoms with Gasteiger partial charge in [-0.05, 0) is 69.2 Å². The van der Waals surface area contributed by atoms with Crippen molar-refractivity contribution in [3.05, 3.63) is 58.9 Å². The number of aromatic nitrogens is 2. The number of amides is 1. The van der Waals surface area contributed by atoms with E-state index in [0.29, 0.717) is 5.56 Å². The minimum atomic E-state index is -0.0386. The van der Waals surface area contributed by atoms with Crippen LogP contribution in [0.2, 0.25) is 0 Å². The van der Waals surface area contributed by atoms with Gasteiger partial charge in [0.15, 0.2) is 0 Å². The number of imidazole rings is 1. The maximum Gasteiger partial charge on any atom is 0.251 e. The molecule has 1 aromatic carbocycles. The lowest BCUT2D eigenvalue weighted by molar-refractivity contribution is 0.0926. The zero-order valence-corrected chi connectivity index (χ0v) is 18.0. The molecule has 1 amide bonds. The molecular weight excluding hydrogens is 374 g/mol. The fraction of sp³-hybridized carbons (Fsp3) is 0.417. The summed E-state index contributed by atoms with van der Waals surface area (Å²) in [5.74, 6) is 0.918. The Labute approximate surface area is 177 Å². The van der Waals surface area contributed by atoms with Crippen LogP contribution < -0.4 is 16.4 Å². The lowest BCUT2D eigenvalue weighted by Gasteiger charge is -2.26. The summed E-state index contributed by atoms with van der Waals surface area (Å²) >= 11 is 0. The highest BCUT2D eigenvalue weighted by atomic mass is 16.1. The summed E-state index contributed by atoms with van der Waals surface area (Å²) in [5, 5.41) is 6.75. The molecule has 158 valence electrons. The number of anilines is 2. The number of nitrogens with two attached hydrogens (primary N) is 1. The number of fused-ring (bicyclic) bond motifs is 1. The molecule has 2 aromatic heterocycles. The fourth-order valence-electron chi connectivity index (χ4n) is 4.28. The molecule has 4 rings (SSSR count). The Morgan fingerprint density at radius 2 is 1.87 bits per heavy atom. The van der Waals surface area contributed by atoms with Gasteiger partial charge in [-0.3, -0.25) is 9.20 Å². The van der Waals surface area contributed by atoms with E-state index >= 15 is 0 Å². The first-order valence-corrected chi connectivity index (χ1v) is 10.9. The Kier molecular flexibility index (Phi) is 5.77. The van der Waals surface area contributed by atoms with Crippen molar-refractivity contribution < 1.29 is 4.79 Å². The molecule has 3 aromatic rings. The maximum atomic E-state index is 12.8. The largest absolute Gasteiger partial charge is 0.349 e. The van der Waals surface area contributed by atoms with E-state index in [9.17, 15) is 4.79 Å². The number of rotatable bonds is 5. The van der Waals surface area contributed by atoms with E-state index in [0.717, 1.165) is 55.0 Å². The van der Waals surface area contributed by atoms with Crippen molar-refractivity contribution in [3.8, 4) is 0 Å². The number of pyridine rings is 1. The molecule has 2 heterocycles. The Hall–Kier alpha value is -2.86. The minimum Gasteiger partial charge on any atom is -0.349 e. The summed E-state index contributed by atoms with van der Waals surface area (Å²) in [6.45, 7) is 6.30. The van der Waals surface area contributed by atoms with Gasteiger partial charge in [0, 0.05) is 29.5 Å². The number of hydrogen-bond donors (Lipinski definition) is 3. The molecule has 6 nitrogen and oxygen atoms in total. The number of nitrogens with zero attached hydrogens (tertiary/aromatic N) is 2. The highest BCUT2D eigenvalue weighted by Crippen LogP contribution is 2.28. The second-order valence-electron chi connectivity index (χ2n) is 8.38. The molecule has 30 heavy (non-hydrogen) atoms. The van der Waals surface area contributed by atoms with Crippen LogP contribution in [0.5, 0.6) is 0 Å². The van der Waals surface area contributed by atoms with Crippen molar-refractivity contribution in [1.82, 2.24) is 14.7 Å². The summed E-state index contributed by atoms with van der Waals surface area (Å²) in [7, 11) is 0. The second kappa shape index (κ2) is 8.48. The van der Waals surface area contributed by atoms with Gasteiger partial charge < -0.3 is 16.4 Å². The van der Waals surface area contributed by atoms with Crippen molar-refractivity contribution in [3.63, 3.8) is 0 Å². The molecule has 6 heteroatoms. The number of aryl methyl sites for hydroxylation is 3. The van der Waals surface area contributed by atoms with Gasteiger partial charge in [-0.2, -0.15) is 0 Å². The lowest BCUT2D eigenvalue weighted by Crippen LogP contribution is -2.40. The summed E-state index contributed by atoms with van der Waals surface area (Å²) in [6, 6.07) is 10.5. The molecule has 0 atom stereocenters. The van der Waals surface area contributed by atoms with E-state index in [1.807, 2.05) is 22.7 Å². The average Bonchev–Trinajstić information content (AvgIpc) is 3.09. The highest BCUT2D eigenvalue weighted by molar-refractivity contribution is 5.95. The first-order valence-electron chi connectivity index (χ1n) is 10.9. The van der Waals surface area contributed by atoms with Crippen molar-refractivity contribution in [2.75, 3.05) is 5.32 Å². The Bertz CT molecular complexity index is 1040. The predicted molar refractivity (Wildman–Crippen MR) is 121 cm³/mol. The number of nitrogens with one attached hydrogen (secondary N) is 2. The van der Waals surface area contributed by atoms with Gasteiger partial charge in [-0.15, -0.1) is 0 Å². The van der Waals surface area contributed by atoms with E-state index in [2.05, 4.69) is 49.6 Å². The lowest BCUT2D eigenvalue weighted by atomic mass is 9.91. The summed E-state index contributed by atoms with van der Waals surface area (Å²) < 4.78 is 2.03. The molecule has 0 aliphatic heterocycles. The normalized spacial score (nSPS) is 19.1. The topological polar surface area (TPSA) is 84.5 Å². The summed E-state index contributed by atoms with van der Waals surface area (Å²) in [4.78, 5) is 17.6. The fourth-order valence-corrected chi connectivity index (χ4v) is 4.28. The van der Waals surface area contributed by atoms with Gasteiger partial charge in [0.25, 0.3) is 5.91 Å².